The molecule has 25 heavy (non-hydrogen) atoms. The van der Waals surface area contributed by atoms with Crippen molar-refractivity contribution in [1.82, 2.24) is 9.80 Å². The third kappa shape index (κ3) is 4.43. The van der Waals surface area contributed by atoms with Crippen molar-refractivity contribution in [2.75, 3.05) is 52.6 Å². The van der Waals surface area contributed by atoms with Crippen molar-refractivity contribution < 1.29 is 9.47 Å². The van der Waals surface area contributed by atoms with Crippen LogP contribution in [0.4, 0.5) is 0 Å². The topological polar surface area (TPSA) is 24.9 Å². The van der Waals surface area contributed by atoms with Gasteiger partial charge in [0.15, 0.2) is 0 Å². The van der Waals surface area contributed by atoms with Crippen molar-refractivity contribution in [3.8, 4) is 0 Å². The van der Waals surface area contributed by atoms with E-state index in [-0.39, 0.29) is 0 Å². The number of rotatable bonds is 5. The van der Waals surface area contributed by atoms with Crippen LogP contribution in [0.2, 0.25) is 0 Å². The van der Waals surface area contributed by atoms with Crippen molar-refractivity contribution >= 4 is 0 Å². The first-order chi connectivity index (χ1) is 12.4. The Hall–Kier alpha value is -0.940. The van der Waals surface area contributed by atoms with Gasteiger partial charge in [-0.2, -0.15) is 0 Å². The number of nitrogens with zero attached hydrogens (tertiary/aromatic N) is 2. The van der Waals surface area contributed by atoms with Gasteiger partial charge in [-0.1, -0.05) is 30.3 Å². The summed E-state index contributed by atoms with van der Waals surface area (Å²) in [5.41, 5.74) is 1.48. The van der Waals surface area contributed by atoms with Gasteiger partial charge in [-0.3, -0.25) is 9.80 Å². The molecule has 0 radical (unpaired) electrons. The molecule has 4 rings (SSSR count). The molecule has 3 saturated heterocycles. The fraction of sp³-hybridized carbons (Fsp3) is 0.714. The Kier molecular flexibility index (Phi) is 6.03. The molecule has 1 aromatic carbocycles. The van der Waals surface area contributed by atoms with E-state index in [4.69, 9.17) is 9.47 Å². The van der Waals surface area contributed by atoms with E-state index in [1.165, 1.54) is 44.3 Å². The minimum atomic E-state index is 0.642. The van der Waals surface area contributed by atoms with Crippen LogP contribution in [0.15, 0.2) is 30.3 Å². The lowest BCUT2D eigenvalue weighted by molar-refractivity contribution is 0.00483. The summed E-state index contributed by atoms with van der Waals surface area (Å²) in [6.07, 6.45) is 4.94. The van der Waals surface area contributed by atoms with Gasteiger partial charge >= 0.3 is 0 Å². The van der Waals surface area contributed by atoms with E-state index in [0.29, 0.717) is 12.1 Å². The Bertz CT molecular complexity index is 512. The maximum absolute atomic E-state index is 5.59. The minimum Gasteiger partial charge on any atom is -0.381 e. The Balaban J connectivity index is 1.46. The summed E-state index contributed by atoms with van der Waals surface area (Å²) < 4.78 is 11.2. The molecule has 4 heteroatoms. The smallest absolute Gasteiger partial charge is 0.0594 e. The summed E-state index contributed by atoms with van der Waals surface area (Å²) >= 11 is 0. The highest BCUT2D eigenvalue weighted by Gasteiger charge is 2.38. The molecule has 4 nitrogen and oxygen atoms in total. The number of hydrogen-bond acceptors (Lipinski definition) is 4. The first kappa shape index (κ1) is 17.5. The summed E-state index contributed by atoms with van der Waals surface area (Å²) in [7, 11) is 0. The highest BCUT2D eigenvalue weighted by atomic mass is 16.5. The first-order valence-electron chi connectivity index (χ1n) is 10.1. The van der Waals surface area contributed by atoms with Crippen LogP contribution < -0.4 is 0 Å². The zero-order valence-corrected chi connectivity index (χ0v) is 15.3. The zero-order chi connectivity index (χ0) is 16.9. The Labute approximate surface area is 152 Å². The van der Waals surface area contributed by atoms with Gasteiger partial charge in [0.1, 0.15) is 0 Å². The first-order valence-corrected chi connectivity index (χ1v) is 10.1. The molecule has 0 aromatic heterocycles. The predicted molar refractivity (Wildman–Crippen MR) is 99.8 cm³/mol. The molecule has 138 valence electrons. The molecule has 3 aliphatic rings. The molecule has 3 aliphatic heterocycles. The van der Waals surface area contributed by atoms with E-state index in [9.17, 15) is 0 Å². The molecular formula is C21H32N2O2. The van der Waals surface area contributed by atoms with Gasteiger partial charge < -0.3 is 9.47 Å². The molecule has 0 amide bonds. The highest BCUT2D eigenvalue weighted by molar-refractivity contribution is 5.17. The maximum Gasteiger partial charge on any atom is 0.0594 e. The monoisotopic (exact) mass is 344 g/mol. The Morgan fingerprint density at radius 2 is 1.56 bits per heavy atom. The van der Waals surface area contributed by atoms with Crippen LogP contribution in [0.5, 0.6) is 0 Å². The molecule has 0 bridgehead atoms. The fourth-order valence-electron chi connectivity index (χ4n) is 4.84. The molecular weight excluding hydrogens is 312 g/mol. The third-order valence-corrected chi connectivity index (χ3v) is 6.26. The summed E-state index contributed by atoms with van der Waals surface area (Å²) in [6.45, 7) is 8.40. The SMILES string of the molecule is c1ccc(C[C@@H]2[C@@H](N3CCOCC3)CCN2CC2CCOCC2)cc1. The van der Waals surface area contributed by atoms with Crippen LogP contribution in [-0.4, -0.2) is 74.5 Å². The third-order valence-electron chi connectivity index (χ3n) is 6.26. The van der Waals surface area contributed by atoms with E-state index in [1.54, 1.807) is 0 Å². The lowest BCUT2D eigenvalue weighted by Gasteiger charge is -2.38. The number of likely N-dealkylation sites (tertiary alicyclic amines) is 1. The van der Waals surface area contributed by atoms with Gasteiger partial charge in [0.2, 0.25) is 0 Å². The van der Waals surface area contributed by atoms with E-state index in [0.717, 1.165) is 45.4 Å². The number of ether oxygens (including phenoxy) is 2. The van der Waals surface area contributed by atoms with Gasteiger partial charge in [-0.15, -0.1) is 0 Å². The Morgan fingerprint density at radius 1 is 0.840 bits per heavy atom. The standard InChI is InChI=1S/C21H32N2O2/c1-2-4-18(5-3-1)16-21-20(22-10-14-25-15-11-22)6-9-23(21)17-19-7-12-24-13-8-19/h1-5,19-21H,6-17H2/t20-,21+/m0/s1. The van der Waals surface area contributed by atoms with Crippen LogP contribution >= 0.6 is 0 Å². The normalized spacial score (nSPS) is 29.9. The minimum absolute atomic E-state index is 0.642. The lowest BCUT2D eigenvalue weighted by atomic mass is 9.96. The Morgan fingerprint density at radius 3 is 2.32 bits per heavy atom. The molecule has 0 aliphatic carbocycles. The van der Waals surface area contributed by atoms with Crippen LogP contribution in [0.1, 0.15) is 24.8 Å². The largest absolute Gasteiger partial charge is 0.381 e. The molecule has 1 aromatic rings. The molecule has 2 atom stereocenters. The van der Waals surface area contributed by atoms with Crippen LogP contribution in [0.25, 0.3) is 0 Å². The van der Waals surface area contributed by atoms with Crippen LogP contribution in [0.3, 0.4) is 0 Å². The second-order valence-electron chi connectivity index (χ2n) is 7.81. The van der Waals surface area contributed by atoms with Crippen LogP contribution in [-0.2, 0) is 15.9 Å². The maximum atomic E-state index is 5.59. The number of benzene rings is 1. The quantitative estimate of drug-likeness (QED) is 0.819. The van der Waals surface area contributed by atoms with Crippen molar-refractivity contribution in [3.63, 3.8) is 0 Å². The number of hydrogen-bond donors (Lipinski definition) is 0. The average Bonchev–Trinajstić information content (AvgIpc) is 3.06. The molecule has 0 spiro atoms. The molecule has 0 saturated carbocycles. The summed E-state index contributed by atoms with van der Waals surface area (Å²) in [6, 6.07) is 12.4. The van der Waals surface area contributed by atoms with E-state index in [1.807, 2.05) is 0 Å². The van der Waals surface area contributed by atoms with Gasteiger partial charge in [0.25, 0.3) is 0 Å². The summed E-state index contributed by atoms with van der Waals surface area (Å²) in [5, 5.41) is 0. The second-order valence-corrected chi connectivity index (χ2v) is 7.81. The van der Waals surface area contributed by atoms with E-state index < -0.39 is 0 Å². The van der Waals surface area contributed by atoms with E-state index in [2.05, 4.69) is 40.1 Å². The average molecular weight is 344 g/mol. The van der Waals surface area contributed by atoms with E-state index >= 15 is 0 Å². The van der Waals surface area contributed by atoms with Crippen molar-refractivity contribution in [3.05, 3.63) is 35.9 Å². The molecule has 0 unspecified atom stereocenters. The van der Waals surface area contributed by atoms with Crippen molar-refractivity contribution in [1.29, 1.82) is 0 Å². The highest BCUT2D eigenvalue weighted by Crippen LogP contribution is 2.29. The van der Waals surface area contributed by atoms with Gasteiger partial charge in [-0.05, 0) is 37.2 Å². The van der Waals surface area contributed by atoms with Gasteiger partial charge in [-0.25, -0.2) is 0 Å². The predicted octanol–water partition coefficient (Wildman–Crippen LogP) is 2.43. The van der Waals surface area contributed by atoms with Gasteiger partial charge in [0.05, 0.1) is 13.2 Å². The molecule has 3 heterocycles. The van der Waals surface area contributed by atoms with Gasteiger partial charge in [0, 0.05) is 51.5 Å². The molecule has 3 fully saturated rings. The number of morpholine rings is 1. The second kappa shape index (κ2) is 8.63. The van der Waals surface area contributed by atoms with Crippen molar-refractivity contribution in [2.24, 2.45) is 5.92 Å². The lowest BCUT2D eigenvalue weighted by Crippen LogP contribution is -2.51. The summed E-state index contributed by atoms with van der Waals surface area (Å²) in [4.78, 5) is 5.49. The van der Waals surface area contributed by atoms with Crippen molar-refractivity contribution in [2.45, 2.75) is 37.8 Å². The summed E-state index contributed by atoms with van der Waals surface area (Å²) in [5.74, 6) is 0.815. The zero-order valence-electron chi connectivity index (χ0n) is 15.3. The fourth-order valence-corrected chi connectivity index (χ4v) is 4.84. The van der Waals surface area contributed by atoms with Crippen LogP contribution in [0, 0.1) is 5.92 Å². The molecule has 0 N–H and O–H groups in total.